The first kappa shape index (κ1) is 36.7. The van der Waals surface area contributed by atoms with Gasteiger partial charge in [0.1, 0.15) is 11.5 Å². The molecule has 5 N–H and O–H groups in total. The van der Waals surface area contributed by atoms with Gasteiger partial charge in [-0.1, -0.05) is 66.7 Å². The molecule has 7 aromatic carbocycles. The van der Waals surface area contributed by atoms with Crippen LogP contribution in [0.2, 0.25) is 0 Å². The number of benzene rings is 7. The maximum absolute atomic E-state index is 13.6. The molecule has 1 aromatic heterocycles. The maximum Gasteiger partial charge on any atom is 1.00 e. The van der Waals surface area contributed by atoms with Gasteiger partial charge in [-0.15, -0.1) is 0 Å². The molecule has 228 valence electrons. The van der Waals surface area contributed by atoms with Gasteiger partial charge in [0.2, 0.25) is 0 Å². The first-order valence-electron chi connectivity index (χ1n) is 12.9. The maximum atomic E-state index is 13.6. The summed E-state index contributed by atoms with van der Waals surface area (Å²) < 4.78 is 65.7. The van der Waals surface area contributed by atoms with Crippen molar-refractivity contribution in [1.82, 2.24) is 4.98 Å². The number of aromatic nitrogens is 1. The van der Waals surface area contributed by atoms with E-state index in [1.54, 1.807) is 12.1 Å². The molecule has 47 heavy (non-hydrogen) atoms. The largest absolute Gasteiger partial charge is 1.00 e. The van der Waals surface area contributed by atoms with Crippen LogP contribution in [0.3, 0.4) is 0 Å². The van der Waals surface area contributed by atoms with Crippen LogP contribution in [-0.4, -0.2) is 50.2 Å². The van der Waals surface area contributed by atoms with Crippen molar-refractivity contribution in [2.75, 3.05) is 0 Å². The number of hydrogen-bond acceptors (Lipinski definition) is 9. The molecule has 0 aliphatic heterocycles. The topological polar surface area (TPSA) is 228 Å². The van der Waals surface area contributed by atoms with Crippen molar-refractivity contribution in [3.8, 4) is 11.5 Å². The van der Waals surface area contributed by atoms with E-state index in [1.807, 2.05) is 66.7 Å². The molecule has 0 saturated carbocycles. The van der Waals surface area contributed by atoms with E-state index < -0.39 is 20.8 Å². The number of pyridine rings is 1. The number of aromatic amines is 1. The van der Waals surface area contributed by atoms with Crippen molar-refractivity contribution in [2.45, 2.75) is 0 Å². The fraction of sp³-hybridized carbons (Fsp3) is 0. The summed E-state index contributed by atoms with van der Waals surface area (Å²) in [6.45, 7) is 0. The van der Waals surface area contributed by atoms with Crippen LogP contribution in [0.15, 0.2) is 89.7 Å². The van der Waals surface area contributed by atoms with Crippen LogP contribution in [-0.2, 0) is 20.8 Å². The minimum atomic E-state index is -5.17. The molecule has 12 nitrogen and oxygen atoms in total. The molecule has 0 amide bonds. The molecule has 0 spiro atoms. The Kier molecular flexibility index (Phi) is 10.5. The van der Waals surface area contributed by atoms with Crippen molar-refractivity contribution in [3.63, 3.8) is 0 Å². The second kappa shape index (κ2) is 13.4. The average molecular weight is 692 g/mol. The van der Waals surface area contributed by atoms with E-state index >= 15 is 0 Å². The molecule has 8 rings (SSSR count). The average Bonchev–Trinajstić information content (AvgIpc) is 2.97. The first-order chi connectivity index (χ1) is 21.1. The fourth-order valence-electron chi connectivity index (χ4n) is 6.01. The summed E-state index contributed by atoms with van der Waals surface area (Å²) in [6.07, 6.45) is 0. The minimum Gasteiger partial charge on any atom is -0.759 e. The van der Waals surface area contributed by atoms with E-state index in [0.29, 0.717) is 27.1 Å². The summed E-state index contributed by atoms with van der Waals surface area (Å²) in [5.74, 6) is 0.395. The van der Waals surface area contributed by atoms with Crippen molar-refractivity contribution < 1.29 is 104 Å². The number of rotatable bonds is 0. The molecule has 0 atom stereocenters. The molecule has 0 bridgehead atoms. The van der Waals surface area contributed by atoms with Gasteiger partial charge in [0, 0.05) is 59.0 Å². The Bertz CT molecular complexity index is 2740. The molecule has 0 fully saturated rings. The van der Waals surface area contributed by atoms with E-state index in [9.17, 15) is 15.0 Å². The predicted octanol–water partition coefficient (Wildman–Crippen LogP) is -0.686. The van der Waals surface area contributed by atoms with Crippen LogP contribution in [0.25, 0.3) is 75.7 Å². The summed E-state index contributed by atoms with van der Waals surface area (Å²) in [7, 11) is -9.83. The number of H-pyrrole nitrogens is 1. The Balaban J connectivity index is 0.000000369. The van der Waals surface area contributed by atoms with Crippen LogP contribution < -0.4 is 64.5 Å². The Labute approximate surface area is 309 Å². The third kappa shape index (κ3) is 6.91. The van der Waals surface area contributed by atoms with Gasteiger partial charge in [-0.05, 0) is 34.4 Å². The molecule has 16 heteroatoms. The molecular formula is C31H19NNa2O11S2. The molecular weight excluding hydrogens is 672 g/mol. The van der Waals surface area contributed by atoms with Crippen molar-refractivity contribution in [2.24, 2.45) is 0 Å². The van der Waals surface area contributed by atoms with Crippen LogP contribution >= 0.6 is 0 Å². The number of fused-ring (bicyclic) bond motifs is 7. The zero-order valence-corrected chi connectivity index (χ0v) is 30.2. The summed E-state index contributed by atoms with van der Waals surface area (Å²) >= 11 is 0. The molecule has 1 heterocycles. The SMILES string of the molecule is O=S(=O)(O)O.O=S(=O)([O-])[O-].O=c1c2ccccc2c(O)c2ccc3c4ccc5c(O)c6ccccc6c6ccc([nH]c3c12)c4c56.[Na+].[Na+]. The van der Waals surface area contributed by atoms with Gasteiger partial charge < -0.3 is 24.3 Å². The first-order valence-corrected chi connectivity index (χ1v) is 15.6. The monoisotopic (exact) mass is 691 g/mol. The molecule has 8 aromatic rings. The van der Waals surface area contributed by atoms with Gasteiger partial charge in [0.25, 0.3) is 0 Å². The molecule has 0 aliphatic rings. The van der Waals surface area contributed by atoms with Crippen molar-refractivity contribution >= 4 is 96.5 Å². The van der Waals surface area contributed by atoms with Gasteiger partial charge >= 0.3 is 69.5 Å². The summed E-state index contributed by atoms with van der Waals surface area (Å²) in [5.41, 5.74) is 1.47. The normalized spacial score (nSPS) is 11.7. The molecule has 0 saturated heterocycles. The van der Waals surface area contributed by atoms with Gasteiger partial charge in [-0.3, -0.25) is 22.3 Å². The Morgan fingerprint density at radius 1 is 0.511 bits per heavy atom. The third-order valence-corrected chi connectivity index (χ3v) is 7.55. The van der Waals surface area contributed by atoms with Crippen LogP contribution in [0.4, 0.5) is 0 Å². The van der Waals surface area contributed by atoms with E-state index in [0.717, 1.165) is 48.6 Å². The van der Waals surface area contributed by atoms with E-state index in [1.165, 1.54) is 0 Å². The summed E-state index contributed by atoms with van der Waals surface area (Å²) in [5, 5.41) is 31.9. The summed E-state index contributed by atoms with van der Waals surface area (Å²) in [6, 6.07) is 27.0. The quantitative estimate of drug-likeness (QED) is 0.0440. The molecule has 0 aliphatic carbocycles. The Morgan fingerprint density at radius 3 is 1.45 bits per heavy atom. The van der Waals surface area contributed by atoms with Crippen LogP contribution in [0.5, 0.6) is 11.5 Å². The van der Waals surface area contributed by atoms with Gasteiger partial charge in [0.05, 0.1) is 10.9 Å². The number of nitrogens with one attached hydrogen (secondary N) is 1. The van der Waals surface area contributed by atoms with E-state index in [2.05, 4.69) is 11.1 Å². The van der Waals surface area contributed by atoms with E-state index in [4.69, 9.17) is 35.0 Å². The number of phenols is 2. The fourth-order valence-corrected chi connectivity index (χ4v) is 6.01. The number of phenolic OH excluding ortho intramolecular Hbond substituents is 2. The predicted molar refractivity (Wildman–Crippen MR) is 169 cm³/mol. The standard InChI is InChI=1S/C31H17NO3.2Na.2H2O4S/c33-29-19-6-2-1-5-15(19)16-13-14-24-26-17(9-11-22(29)25(16)26)18-10-12-23-27(28(18)32-24)31(35)21-8-4-3-7-20(21)30(23)34;;;2*1-5(2,3)4/h1-14,32-34H;;;2*(H2,1,2,3,4)/q;2*+1;;/p-2. The second-order valence-electron chi connectivity index (χ2n) is 10.1. The smallest absolute Gasteiger partial charge is 0.759 e. The Morgan fingerprint density at radius 2 is 0.894 bits per heavy atom. The van der Waals surface area contributed by atoms with Gasteiger partial charge in [-0.2, -0.15) is 8.42 Å². The summed E-state index contributed by atoms with van der Waals surface area (Å²) in [4.78, 5) is 17.1. The van der Waals surface area contributed by atoms with Crippen molar-refractivity contribution in [3.05, 3.63) is 95.2 Å². The van der Waals surface area contributed by atoms with E-state index in [-0.39, 0.29) is 76.0 Å². The van der Waals surface area contributed by atoms with Gasteiger partial charge in [-0.25, -0.2) is 0 Å². The Hall–Kier alpha value is -3.09. The zero-order chi connectivity index (χ0) is 32.4. The van der Waals surface area contributed by atoms with Crippen LogP contribution in [0.1, 0.15) is 0 Å². The number of aromatic hydroxyl groups is 2. The second-order valence-corrected chi connectivity index (χ2v) is 11.8. The minimum absolute atomic E-state index is 0. The van der Waals surface area contributed by atoms with Crippen LogP contribution in [0, 0.1) is 0 Å². The third-order valence-electron chi connectivity index (χ3n) is 7.55. The number of hydrogen-bond donors (Lipinski definition) is 5. The van der Waals surface area contributed by atoms with Crippen molar-refractivity contribution in [1.29, 1.82) is 0 Å². The zero-order valence-electron chi connectivity index (χ0n) is 24.5. The molecule has 0 radical (unpaired) electrons. The molecule has 0 unspecified atom stereocenters. The van der Waals surface area contributed by atoms with Gasteiger partial charge in [0.15, 0.2) is 5.43 Å².